The summed E-state index contributed by atoms with van der Waals surface area (Å²) in [6.07, 6.45) is 0.0846. The van der Waals surface area contributed by atoms with Gasteiger partial charge in [0, 0.05) is 18.2 Å². The van der Waals surface area contributed by atoms with Crippen molar-refractivity contribution in [3.63, 3.8) is 0 Å². The van der Waals surface area contributed by atoms with Gasteiger partial charge in [-0.05, 0) is 24.3 Å². The summed E-state index contributed by atoms with van der Waals surface area (Å²) in [6.45, 7) is 0.135. The Morgan fingerprint density at radius 2 is 1.88 bits per heavy atom. The van der Waals surface area contributed by atoms with Crippen LogP contribution in [-0.4, -0.2) is 35.1 Å². The van der Waals surface area contributed by atoms with Gasteiger partial charge in [-0.3, -0.25) is 9.59 Å². The fourth-order valence-corrected chi connectivity index (χ4v) is 2.51. The molecular formula is C18H18N4O4. The van der Waals surface area contributed by atoms with Crippen LogP contribution in [0.1, 0.15) is 6.42 Å². The van der Waals surface area contributed by atoms with Gasteiger partial charge in [0.15, 0.2) is 11.5 Å². The van der Waals surface area contributed by atoms with Crippen molar-refractivity contribution in [2.45, 2.75) is 13.0 Å². The van der Waals surface area contributed by atoms with Crippen molar-refractivity contribution in [3.8, 4) is 11.5 Å². The zero-order chi connectivity index (χ0) is 18.5. The Kier molecular flexibility index (Phi) is 5.12. The molecule has 3 aromatic rings. The smallest absolute Gasteiger partial charge is 0.277 e. The van der Waals surface area contributed by atoms with Crippen molar-refractivity contribution < 1.29 is 14.3 Å². The predicted octanol–water partition coefficient (Wildman–Crippen LogP) is 1.84. The first-order valence-corrected chi connectivity index (χ1v) is 7.97. The molecule has 26 heavy (non-hydrogen) atoms. The molecule has 8 nitrogen and oxygen atoms in total. The number of methoxy groups -OCH3 is 2. The van der Waals surface area contributed by atoms with Crippen LogP contribution in [0.4, 0.5) is 5.69 Å². The topological polar surface area (TPSA) is 95.3 Å². The van der Waals surface area contributed by atoms with Gasteiger partial charge in [0.2, 0.25) is 5.91 Å². The van der Waals surface area contributed by atoms with Gasteiger partial charge in [-0.1, -0.05) is 17.3 Å². The Labute approximate surface area is 149 Å². The Bertz CT molecular complexity index is 1000. The van der Waals surface area contributed by atoms with E-state index in [1.54, 1.807) is 49.6 Å². The molecule has 0 saturated heterocycles. The number of aromatic nitrogens is 3. The van der Waals surface area contributed by atoms with E-state index in [0.717, 1.165) is 0 Å². The summed E-state index contributed by atoms with van der Waals surface area (Å²) in [4.78, 5) is 24.5. The molecule has 1 N–H and O–H groups in total. The van der Waals surface area contributed by atoms with Gasteiger partial charge in [-0.15, -0.1) is 5.10 Å². The first kappa shape index (κ1) is 17.4. The molecule has 2 aromatic carbocycles. The van der Waals surface area contributed by atoms with E-state index in [0.29, 0.717) is 28.1 Å². The minimum atomic E-state index is -0.269. The number of anilines is 1. The van der Waals surface area contributed by atoms with Crippen LogP contribution in [0.25, 0.3) is 10.9 Å². The number of nitrogens with zero attached hydrogens (tertiary/aromatic N) is 3. The Morgan fingerprint density at radius 3 is 2.65 bits per heavy atom. The molecule has 8 heteroatoms. The van der Waals surface area contributed by atoms with E-state index in [4.69, 9.17) is 9.47 Å². The van der Waals surface area contributed by atoms with Gasteiger partial charge in [0.05, 0.1) is 26.2 Å². The molecule has 0 aliphatic heterocycles. The van der Waals surface area contributed by atoms with Gasteiger partial charge in [-0.25, -0.2) is 4.68 Å². The molecule has 1 amide bonds. The molecule has 0 spiro atoms. The van der Waals surface area contributed by atoms with Gasteiger partial charge in [-0.2, -0.15) is 0 Å². The summed E-state index contributed by atoms with van der Waals surface area (Å²) in [5.41, 5.74) is 0.836. The third kappa shape index (κ3) is 3.64. The number of carbonyl (C=O) groups is 1. The average molecular weight is 354 g/mol. The van der Waals surface area contributed by atoms with E-state index < -0.39 is 0 Å². The van der Waals surface area contributed by atoms with Crippen molar-refractivity contribution in [2.75, 3.05) is 19.5 Å². The van der Waals surface area contributed by atoms with Gasteiger partial charge >= 0.3 is 0 Å². The molecule has 0 atom stereocenters. The van der Waals surface area contributed by atoms with Gasteiger partial charge < -0.3 is 14.8 Å². The molecule has 0 fully saturated rings. The first-order valence-electron chi connectivity index (χ1n) is 7.97. The zero-order valence-corrected chi connectivity index (χ0v) is 14.4. The highest BCUT2D eigenvalue weighted by atomic mass is 16.5. The summed E-state index contributed by atoms with van der Waals surface area (Å²) < 4.78 is 11.6. The van der Waals surface area contributed by atoms with Crippen LogP contribution in [-0.2, 0) is 11.3 Å². The number of fused-ring (bicyclic) bond motifs is 1. The zero-order valence-electron chi connectivity index (χ0n) is 14.4. The highest BCUT2D eigenvalue weighted by Gasteiger charge is 2.10. The number of rotatable bonds is 6. The molecule has 1 aromatic heterocycles. The van der Waals surface area contributed by atoms with Crippen LogP contribution in [0.5, 0.6) is 11.5 Å². The van der Waals surface area contributed by atoms with Crippen LogP contribution >= 0.6 is 0 Å². The maximum atomic E-state index is 12.4. The Hall–Kier alpha value is -3.42. The number of ether oxygens (including phenoxy) is 2. The molecular weight excluding hydrogens is 336 g/mol. The maximum absolute atomic E-state index is 12.4. The maximum Gasteiger partial charge on any atom is 0.277 e. The second kappa shape index (κ2) is 7.64. The highest BCUT2D eigenvalue weighted by molar-refractivity contribution is 5.91. The first-order chi connectivity index (χ1) is 12.6. The largest absolute Gasteiger partial charge is 0.493 e. The van der Waals surface area contributed by atoms with Crippen molar-refractivity contribution in [3.05, 3.63) is 52.8 Å². The van der Waals surface area contributed by atoms with Crippen LogP contribution in [0, 0.1) is 0 Å². The monoisotopic (exact) mass is 354 g/mol. The molecule has 134 valence electrons. The summed E-state index contributed by atoms with van der Waals surface area (Å²) in [5, 5.41) is 11.1. The third-order valence-electron chi connectivity index (χ3n) is 3.85. The molecule has 0 saturated carbocycles. The standard InChI is InChI=1S/C18H18N4O4/c1-25-15-8-7-12(11-16(15)26-2)19-17(23)9-10-22-18(24)13-5-3-4-6-14(13)20-21-22/h3-8,11H,9-10H2,1-2H3,(H,19,23). The van der Waals surface area contributed by atoms with E-state index in [1.807, 2.05) is 0 Å². The Balaban J connectivity index is 1.68. The number of benzene rings is 2. The number of nitrogens with one attached hydrogen (secondary N) is 1. The molecule has 0 aliphatic carbocycles. The van der Waals surface area contributed by atoms with Crippen molar-refractivity contribution in [1.29, 1.82) is 0 Å². The van der Waals surface area contributed by atoms with Crippen LogP contribution < -0.4 is 20.3 Å². The normalized spacial score (nSPS) is 10.5. The number of hydrogen-bond donors (Lipinski definition) is 1. The molecule has 0 aliphatic rings. The molecule has 3 rings (SSSR count). The van der Waals surface area contributed by atoms with Gasteiger partial charge in [0.1, 0.15) is 5.52 Å². The SMILES string of the molecule is COc1ccc(NC(=O)CCn2nnc3ccccc3c2=O)cc1OC. The lowest BCUT2D eigenvalue weighted by atomic mass is 10.2. The lowest BCUT2D eigenvalue weighted by molar-refractivity contribution is -0.116. The second-order valence-electron chi connectivity index (χ2n) is 5.50. The van der Waals surface area contributed by atoms with Crippen molar-refractivity contribution in [2.24, 2.45) is 0 Å². The number of carbonyl (C=O) groups excluding carboxylic acids is 1. The summed E-state index contributed by atoms with van der Waals surface area (Å²) in [5.74, 6) is 0.837. The van der Waals surface area contributed by atoms with E-state index in [2.05, 4.69) is 15.6 Å². The molecule has 0 unspecified atom stereocenters. The fourth-order valence-electron chi connectivity index (χ4n) is 2.51. The molecule has 1 heterocycles. The summed E-state index contributed by atoms with van der Waals surface area (Å²) in [6, 6.07) is 12.0. The minimum Gasteiger partial charge on any atom is -0.493 e. The second-order valence-corrected chi connectivity index (χ2v) is 5.50. The van der Waals surface area contributed by atoms with E-state index in [9.17, 15) is 9.59 Å². The predicted molar refractivity (Wildman–Crippen MR) is 96.6 cm³/mol. The number of hydrogen-bond acceptors (Lipinski definition) is 6. The van der Waals surface area contributed by atoms with Crippen LogP contribution in [0.15, 0.2) is 47.3 Å². The third-order valence-corrected chi connectivity index (χ3v) is 3.85. The van der Waals surface area contributed by atoms with E-state index in [-0.39, 0.29) is 24.4 Å². The van der Waals surface area contributed by atoms with Crippen molar-refractivity contribution >= 4 is 22.5 Å². The minimum absolute atomic E-state index is 0.0846. The lowest BCUT2D eigenvalue weighted by Crippen LogP contribution is -2.26. The fraction of sp³-hybridized carbons (Fsp3) is 0.222. The lowest BCUT2D eigenvalue weighted by Gasteiger charge is -2.10. The summed E-state index contributed by atoms with van der Waals surface area (Å²) in [7, 11) is 3.06. The van der Waals surface area contributed by atoms with Crippen molar-refractivity contribution in [1.82, 2.24) is 15.0 Å². The average Bonchev–Trinajstić information content (AvgIpc) is 2.67. The summed E-state index contributed by atoms with van der Waals surface area (Å²) >= 11 is 0. The molecule has 0 radical (unpaired) electrons. The van der Waals surface area contributed by atoms with Crippen LogP contribution in [0.3, 0.4) is 0 Å². The Morgan fingerprint density at radius 1 is 1.12 bits per heavy atom. The van der Waals surface area contributed by atoms with Crippen LogP contribution in [0.2, 0.25) is 0 Å². The van der Waals surface area contributed by atoms with Gasteiger partial charge in [0.25, 0.3) is 5.56 Å². The molecule has 0 bridgehead atoms. The number of amides is 1. The highest BCUT2D eigenvalue weighted by Crippen LogP contribution is 2.29. The quantitative estimate of drug-likeness (QED) is 0.726. The van der Waals surface area contributed by atoms with E-state index in [1.165, 1.54) is 11.8 Å². The van der Waals surface area contributed by atoms with E-state index >= 15 is 0 Å². The number of aryl methyl sites for hydroxylation is 1.